The fraction of sp³-hybridized carbons (Fsp3) is 0.850. The molecule has 0 radical (unpaired) electrons. The standard InChI is InChI=1S/C20H38N8O3/c1-16(14-27-5-10-30-11-6-27)22-19-24-18(21-4-9-29-3)25-20(26-19)23-17(2)15-28-7-12-31-13-8-28/h16-17H,4-15H2,1-3H3,(H3,21,22,23,24,25,26). The summed E-state index contributed by atoms with van der Waals surface area (Å²) in [6, 6.07) is 0.400. The number of aromatic nitrogens is 3. The van der Waals surface area contributed by atoms with Crippen molar-refractivity contribution in [2.45, 2.75) is 25.9 Å². The van der Waals surface area contributed by atoms with Crippen molar-refractivity contribution in [2.24, 2.45) is 0 Å². The smallest absolute Gasteiger partial charge is 0.229 e. The van der Waals surface area contributed by atoms with Gasteiger partial charge in [0.05, 0.1) is 33.0 Å². The van der Waals surface area contributed by atoms with Gasteiger partial charge < -0.3 is 30.2 Å². The lowest BCUT2D eigenvalue weighted by Gasteiger charge is -2.30. The third-order valence-electron chi connectivity index (χ3n) is 5.25. The lowest BCUT2D eigenvalue weighted by Crippen LogP contribution is -2.42. The Morgan fingerprint density at radius 1 is 0.806 bits per heavy atom. The Morgan fingerprint density at radius 3 is 1.71 bits per heavy atom. The van der Waals surface area contributed by atoms with E-state index in [1.54, 1.807) is 7.11 Å². The van der Waals surface area contributed by atoms with E-state index in [9.17, 15) is 0 Å². The molecule has 0 aliphatic carbocycles. The summed E-state index contributed by atoms with van der Waals surface area (Å²) in [6.07, 6.45) is 0. The Kier molecular flexibility index (Phi) is 9.94. The Bertz CT molecular complexity index is 595. The first-order chi connectivity index (χ1) is 15.1. The molecular formula is C20H38N8O3. The lowest BCUT2D eigenvalue weighted by atomic mass is 10.3. The Balaban J connectivity index is 1.60. The molecule has 11 nitrogen and oxygen atoms in total. The summed E-state index contributed by atoms with van der Waals surface area (Å²) in [7, 11) is 1.68. The summed E-state index contributed by atoms with van der Waals surface area (Å²) < 4.78 is 16.0. The number of morpholine rings is 2. The van der Waals surface area contributed by atoms with Crippen molar-refractivity contribution in [1.82, 2.24) is 24.8 Å². The van der Waals surface area contributed by atoms with Gasteiger partial charge in [0.15, 0.2) is 0 Å². The molecule has 0 aromatic carbocycles. The molecule has 31 heavy (non-hydrogen) atoms. The summed E-state index contributed by atoms with van der Waals surface area (Å²) in [5.41, 5.74) is 0. The molecule has 0 bridgehead atoms. The minimum atomic E-state index is 0.200. The molecule has 176 valence electrons. The average molecular weight is 439 g/mol. The van der Waals surface area contributed by atoms with Crippen LogP contribution in [0.4, 0.5) is 17.8 Å². The van der Waals surface area contributed by atoms with Gasteiger partial charge in [0.1, 0.15) is 0 Å². The number of nitrogens with one attached hydrogen (secondary N) is 3. The predicted octanol–water partition coefficient (Wildman–Crippen LogP) is 0.195. The third kappa shape index (κ3) is 8.69. The zero-order chi connectivity index (χ0) is 21.9. The van der Waals surface area contributed by atoms with Crippen LogP contribution in [0, 0.1) is 0 Å². The summed E-state index contributed by atoms with van der Waals surface area (Å²) in [4.78, 5) is 18.5. The van der Waals surface area contributed by atoms with E-state index in [0.717, 1.165) is 65.7 Å². The van der Waals surface area contributed by atoms with Crippen LogP contribution in [0.5, 0.6) is 0 Å². The fourth-order valence-corrected chi connectivity index (χ4v) is 3.72. The monoisotopic (exact) mass is 438 g/mol. The van der Waals surface area contributed by atoms with E-state index < -0.39 is 0 Å². The second-order valence-electron chi connectivity index (χ2n) is 8.14. The average Bonchev–Trinajstić information content (AvgIpc) is 2.75. The minimum absolute atomic E-state index is 0.200. The van der Waals surface area contributed by atoms with E-state index in [-0.39, 0.29) is 12.1 Å². The van der Waals surface area contributed by atoms with Crippen molar-refractivity contribution in [3.63, 3.8) is 0 Å². The molecule has 3 N–H and O–H groups in total. The van der Waals surface area contributed by atoms with Crippen LogP contribution in [0.3, 0.4) is 0 Å². The van der Waals surface area contributed by atoms with E-state index >= 15 is 0 Å². The van der Waals surface area contributed by atoms with Crippen LogP contribution < -0.4 is 16.0 Å². The molecule has 0 saturated carbocycles. The van der Waals surface area contributed by atoms with Gasteiger partial charge in [-0.15, -0.1) is 0 Å². The molecule has 3 heterocycles. The van der Waals surface area contributed by atoms with E-state index in [4.69, 9.17) is 14.2 Å². The van der Waals surface area contributed by atoms with Gasteiger partial charge >= 0.3 is 0 Å². The fourth-order valence-electron chi connectivity index (χ4n) is 3.72. The van der Waals surface area contributed by atoms with Gasteiger partial charge in [-0.1, -0.05) is 0 Å². The first-order valence-electron chi connectivity index (χ1n) is 11.2. The predicted molar refractivity (Wildman–Crippen MR) is 121 cm³/mol. The maximum Gasteiger partial charge on any atom is 0.229 e. The third-order valence-corrected chi connectivity index (χ3v) is 5.25. The van der Waals surface area contributed by atoms with Crippen LogP contribution in [-0.4, -0.2) is 123 Å². The van der Waals surface area contributed by atoms with Gasteiger partial charge in [-0.05, 0) is 13.8 Å². The van der Waals surface area contributed by atoms with Crippen molar-refractivity contribution in [1.29, 1.82) is 0 Å². The highest BCUT2D eigenvalue weighted by Gasteiger charge is 2.17. The van der Waals surface area contributed by atoms with Gasteiger partial charge in [0.25, 0.3) is 0 Å². The van der Waals surface area contributed by atoms with Crippen molar-refractivity contribution in [3.8, 4) is 0 Å². The number of nitrogens with zero attached hydrogens (tertiary/aromatic N) is 5. The number of anilines is 3. The summed E-state index contributed by atoms with van der Waals surface area (Å²) in [6.45, 7) is 14.3. The van der Waals surface area contributed by atoms with Gasteiger partial charge in [0, 0.05) is 65.0 Å². The van der Waals surface area contributed by atoms with Crippen LogP contribution >= 0.6 is 0 Å². The van der Waals surface area contributed by atoms with E-state index in [0.29, 0.717) is 31.0 Å². The van der Waals surface area contributed by atoms with E-state index in [2.05, 4.69) is 54.5 Å². The van der Waals surface area contributed by atoms with Crippen molar-refractivity contribution >= 4 is 17.8 Å². The summed E-state index contributed by atoms with van der Waals surface area (Å²) in [5, 5.41) is 10.1. The van der Waals surface area contributed by atoms with Crippen LogP contribution in [-0.2, 0) is 14.2 Å². The van der Waals surface area contributed by atoms with E-state index in [1.807, 2.05) is 0 Å². The van der Waals surface area contributed by atoms with Crippen LogP contribution in [0.25, 0.3) is 0 Å². The Labute approximate surface area is 185 Å². The SMILES string of the molecule is COCCNc1nc(NC(C)CN2CCOCC2)nc(NC(C)CN2CCOCC2)n1. The first-order valence-corrected chi connectivity index (χ1v) is 11.2. The highest BCUT2D eigenvalue weighted by molar-refractivity contribution is 5.43. The Hall–Kier alpha value is -1.79. The maximum absolute atomic E-state index is 5.44. The number of methoxy groups -OCH3 is 1. The second kappa shape index (κ2) is 12.9. The number of hydrogen-bond acceptors (Lipinski definition) is 11. The van der Waals surface area contributed by atoms with Crippen LogP contribution in [0.15, 0.2) is 0 Å². The number of rotatable bonds is 12. The normalized spacial score (nSPS) is 20.2. The van der Waals surface area contributed by atoms with Crippen molar-refractivity contribution < 1.29 is 14.2 Å². The molecule has 2 saturated heterocycles. The minimum Gasteiger partial charge on any atom is -0.383 e. The quantitative estimate of drug-likeness (QED) is 0.389. The largest absolute Gasteiger partial charge is 0.383 e. The van der Waals surface area contributed by atoms with Gasteiger partial charge in [-0.2, -0.15) is 15.0 Å². The molecule has 0 spiro atoms. The van der Waals surface area contributed by atoms with Crippen LogP contribution in [0.1, 0.15) is 13.8 Å². The number of ether oxygens (including phenoxy) is 3. The molecule has 0 amide bonds. The maximum atomic E-state index is 5.44. The van der Waals surface area contributed by atoms with Crippen molar-refractivity contribution in [3.05, 3.63) is 0 Å². The summed E-state index contributed by atoms with van der Waals surface area (Å²) in [5.74, 6) is 1.67. The first kappa shape index (κ1) is 23.9. The van der Waals surface area contributed by atoms with Crippen LogP contribution in [0.2, 0.25) is 0 Å². The molecule has 1 aromatic rings. The number of hydrogen-bond donors (Lipinski definition) is 3. The molecule has 11 heteroatoms. The zero-order valence-corrected chi connectivity index (χ0v) is 19.1. The second-order valence-corrected chi connectivity index (χ2v) is 8.14. The molecule has 2 atom stereocenters. The molecule has 2 fully saturated rings. The van der Waals surface area contributed by atoms with E-state index in [1.165, 1.54) is 0 Å². The molecule has 2 aliphatic rings. The molecule has 1 aromatic heterocycles. The topological polar surface area (TPSA) is 109 Å². The molecule has 2 aliphatic heterocycles. The molecular weight excluding hydrogens is 400 g/mol. The van der Waals surface area contributed by atoms with Gasteiger partial charge in [0.2, 0.25) is 17.8 Å². The molecule has 2 unspecified atom stereocenters. The highest BCUT2D eigenvalue weighted by atomic mass is 16.5. The lowest BCUT2D eigenvalue weighted by molar-refractivity contribution is 0.0367. The highest BCUT2D eigenvalue weighted by Crippen LogP contribution is 2.13. The molecule has 3 rings (SSSR count). The van der Waals surface area contributed by atoms with Crippen molar-refractivity contribution in [2.75, 3.05) is 102 Å². The summed E-state index contributed by atoms with van der Waals surface area (Å²) >= 11 is 0. The Morgan fingerprint density at radius 2 is 1.26 bits per heavy atom. The zero-order valence-electron chi connectivity index (χ0n) is 19.1. The van der Waals surface area contributed by atoms with Gasteiger partial charge in [-0.3, -0.25) is 9.80 Å². The van der Waals surface area contributed by atoms with Gasteiger partial charge in [-0.25, -0.2) is 0 Å².